The maximum atomic E-state index is 12.4. The molecule has 1 aromatic heterocycles. The highest BCUT2D eigenvalue weighted by Gasteiger charge is 2.19. The molecule has 2 aromatic rings. The van der Waals surface area contributed by atoms with Crippen LogP contribution in [0, 0.1) is 0 Å². The Morgan fingerprint density at radius 3 is 2.76 bits per heavy atom. The molecule has 21 heavy (non-hydrogen) atoms. The second kappa shape index (κ2) is 5.65. The zero-order valence-electron chi connectivity index (χ0n) is 12.1. The Kier molecular flexibility index (Phi) is 4.08. The van der Waals surface area contributed by atoms with Crippen LogP contribution < -0.4 is 15.2 Å². The molecular weight excluding hydrogens is 292 g/mol. The average Bonchev–Trinajstić information content (AvgIpc) is 2.78. The number of anilines is 2. The molecule has 0 aliphatic carbocycles. The van der Waals surface area contributed by atoms with E-state index in [1.165, 1.54) is 25.3 Å². The Hall–Kier alpha value is -2.22. The maximum absolute atomic E-state index is 12.4. The van der Waals surface area contributed by atoms with E-state index in [9.17, 15) is 8.42 Å². The number of nitrogen functional groups attached to an aromatic ring is 1. The third-order valence-electron chi connectivity index (χ3n) is 3.00. The molecule has 8 heteroatoms. The van der Waals surface area contributed by atoms with Gasteiger partial charge in [0.15, 0.2) is 0 Å². The van der Waals surface area contributed by atoms with Gasteiger partial charge in [-0.25, -0.2) is 8.42 Å². The number of hydrogen-bond acceptors (Lipinski definition) is 5. The van der Waals surface area contributed by atoms with Gasteiger partial charge in [-0.2, -0.15) is 5.10 Å². The predicted molar refractivity (Wildman–Crippen MR) is 80.8 cm³/mol. The fourth-order valence-corrected chi connectivity index (χ4v) is 3.03. The van der Waals surface area contributed by atoms with Crippen molar-refractivity contribution in [2.75, 3.05) is 17.6 Å². The largest absolute Gasteiger partial charge is 0.495 e. The monoisotopic (exact) mass is 310 g/mol. The van der Waals surface area contributed by atoms with Crippen LogP contribution in [-0.4, -0.2) is 25.3 Å². The summed E-state index contributed by atoms with van der Waals surface area (Å²) in [6.07, 6.45) is 2.26. The summed E-state index contributed by atoms with van der Waals surface area (Å²) in [7, 11) is -0.545. The Balaban J connectivity index is 2.38. The molecule has 0 amide bonds. The first-order chi connectivity index (χ1) is 9.87. The Bertz CT molecular complexity index is 753. The zero-order chi connectivity index (χ0) is 15.6. The van der Waals surface area contributed by atoms with Crippen molar-refractivity contribution in [1.82, 2.24) is 9.78 Å². The summed E-state index contributed by atoms with van der Waals surface area (Å²) in [6, 6.07) is 4.32. The van der Waals surface area contributed by atoms with Gasteiger partial charge in [0.05, 0.1) is 29.1 Å². The lowest BCUT2D eigenvalue weighted by Gasteiger charge is -2.10. The molecule has 0 aliphatic heterocycles. The van der Waals surface area contributed by atoms with Crippen LogP contribution in [0.15, 0.2) is 29.3 Å². The second-order valence-corrected chi connectivity index (χ2v) is 6.21. The van der Waals surface area contributed by atoms with Crippen LogP contribution in [0.25, 0.3) is 0 Å². The average molecular weight is 310 g/mol. The highest BCUT2D eigenvalue weighted by Crippen LogP contribution is 2.26. The van der Waals surface area contributed by atoms with Crippen LogP contribution in [0.1, 0.15) is 12.6 Å². The Morgan fingerprint density at radius 1 is 1.43 bits per heavy atom. The lowest BCUT2D eigenvalue weighted by molar-refractivity contribution is 0.415. The van der Waals surface area contributed by atoms with Gasteiger partial charge in [-0.15, -0.1) is 0 Å². The number of nitrogens with zero attached hydrogens (tertiary/aromatic N) is 2. The number of rotatable bonds is 5. The molecule has 0 unspecified atom stereocenters. The molecule has 114 valence electrons. The number of nitrogens with two attached hydrogens (primary N) is 1. The molecule has 3 N–H and O–H groups in total. The molecule has 1 heterocycles. The van der Waals surface area contributed by atoms with Crippen molar-refractivity contribution in [3.05, 3.63) is 30.1 Å². The number of benzene rings is 1. The van der Waals surface area contributed by atoms with Crippen LogP contribution in [-0.2, 0) is 23.5 Å². The summed E-state index contributed by atoms with van der Waals surface area (Å²) < 4.78 is 34.0. The van der Waals surface area contributed by atoms with E-state index in [-0.39, 0.29) is 4.90 Å². The van der Waals surface area contributed by atoms with Gasteiger partial charge in [0, 0.05) is 19.3 Å². The van der Waals surface area contributed by atoms with E-state index in [0.29, 0.717) is 29.2 Å². The fraction of sp³-hybridized carbons (Fsp3) is 0.308. The number of aromatic nitrogens is 2. The van der Waals surface area contributed by atoms with Crippen molar-refractivity contribution in [3.8, 4) is 5.75 Å². The molecule has 1 aromatic carbocycles. The van der Waals surface area contributed by atoms with Gasteiger partial charge in [0.25, 0.3) is 10.0 Å². The fourth-order valence-electron chi connectivity index (χ4n) is 1.94. The van der Waals surface area contributed by atoms with Gasteiger partial charge >= 0.3 is 0 Å². The molecule has 0 radical (unpaired) electrons. The van der Waals surface area contributed by atoms with Crippen LogP contribution in [0.4, 0.5) is 11.4 Å². The predicted octanol–water partition coefficient (Wildman–Crippen LogP) is 1.37. The molecule has 0 saturated heterocycles. The zero-order valence-corrected chi connectivity index (χ0v) is 12.9. The van der Waals surface area contributed by atoms with Crippen LogP contribution in [0.2, 0.25) is 0 Å². The second-order valence-electron chi connectivity index (χ2n) is 4.53. The molecule has 7 nitrogen and oxygen atoms in total. The number of hydrogen-bond donors (Lipinski definition) is 2. The van der Waals surface area contributed by atoms with E-state index in [1.54, 1.807) is 17.9 Å². The Labute approximate surface area is 123 Å². The van der Waals surface area contributed by atoms with E-state index < -0.39 is 10.0 Å². The highest BCUT2D eigenvalue weighted by molar-refractivity contribution is 7.92. The molecule has 0 spiro atoms. The van der Waals surface area contributed by atoms with Crippen molar-refractivity contribution in [1.29, 1.82) is 0 Å². The van der Waals surface area contributed by atoms with Crippen LogP contribution in [0.3, 0.4) is 0 Å². The summed E-state index contributed by atoms with van der Waals surface area (Å²) in [5, 5.41) is 4.20. The maximum Gasteiger partial charge on any atom is 0.262 e. The van der Waals surface area contributed by atoms with Gasteiger partial charge in [-0.1, -0.05) is 6.92 Å². The summed E-state index contributed by atoms with van der Waals surface area (Å²) in [4.78, 5) is 0.0828. The van der Waals surface area contributed by atoms with Crippen molar-refractivity contribution in [3.63, 3.8) is 0 Å². The van der Waals surface area contributed by atoms with Gasteiger partial charge in [0.1, 0.15) is 5.75 Å². The highest BCUT2D eigenvalue weighted by atomic mass is 32.2. The minimum Gasteiger partial charge on any atom is -0.495 e. The molecule has 0 aliphatic rings. The Morgan fingerprint density at radius 2 is 2.14 bits per heavy atom. The molecule has 0 saturated carbocycles. The van der Waals surface area contributed by atoms with Gasteiger partial charge in [-0.3, -0.25) is 9.40 Å². The number of aryl methyl sites for hydroxylation is 2. The lowest BCUT2D eigenvalue weighted by atomic mass is 10.3. The minimum absolute atomic E-state index is 0.0828. The quantitative estimate of drug-likeness (QED) is 0.813. The normalized spacial score (nSPS) is 11.4. The van der Waals surface area contributed by atoms with Gasteiger partial charge in [0.2, 0.25) is 0 Å². The van der Waals surface area contributed by atoms with Gasteiger partial charge < -0.3 is 10.5 Å². The number of sulfonamides is 1. The van der Waals surface area contributed by atoms with Gasteiger partial charge in [-0.05, 0) is 18.6 Å². The van der Waals surface area contributed by atoms with Crippen molar-refractivity contribution in [2.24, 2.45) is 7.05 Å². The summed E-state index contributed by atoms with van der Waals surface area (Å²) >= 11 is 0. The van der Waals surface area contributed by atoms with E-state index in [2.05, 4.69) is 9.82 Å². The van der Waals surface area contributed by atoms with E-state index in [4.69, 9.17) is 10.5 Å². The number of nitrogens with one attached hydrogen (secondary N) is 1. The first-order valence-electron chi connectivity index (χ1n) is 6.36. The number of ether oxygens (including phenoxy) is 1. The first-order valence-corrected chi connectivity index (χ1v) is 7.84. The summed E-state index contributed by atoms with van der Waals surface area (Å²) in [6.45, 7) is 1.91. The smallest absolute Gasteiger partial charge is 0.262 e. The topological polar surface area (TPSA) is 99.2 Å². The molecule has 0 atom stereocenters. The van der Waals surface area contributed by atoms with Crippen molar-refractivity contribution >= 4 is 21.4 Å². The molecule has 2 rings (SSSR count). The van der Waals surface area contributed by atoms with E-state index >= 15 is 0 Å². The van der Waals surface area contributed by atoms with Crippen molar-refractivity contribution < 1.29 is 13.2 Å². The molecule has 0 fully saturated rings. The standard InChI is InChI=1S/C13H18N4O3S/c1-4-11-12(8-17(2)15-11)16-21(18,19)9-5-6-10(14)13(7-9)20-3/h5-8,16H,4,14H2,1-3H3. The number of methoxy groups -OCH3 is 1. The molecular formula is C13H18N4O3S. The minimum atomic E-state index is -3.72. The third kappa shape index (κ3) is 3.10. The van der Waals surface area contributed by atoms with Crippen LogP contribution in [0.5, 0.6) is 5.75 Å². The SMILES string of the molecule is CCc1nn(C)cc1NS(=O)(=O)c1ccc(N)c(OC)c1. The molecule has 0 bridgehead atoms. The van der Waals surface area contributed by atoms with Crippen molar-refractivity contribution in [2.45, 2.75) is 18.2 Å². The summed E-state index contributed by atoms with van der Waals surface area (Å²) in [5.41, 5.74) is 7.22. The summed E-state index contributed by atoms with van der Waals surface area (Å²) in [5.74, 6) is 0.319. The van der Waals surface area contributed by atoms with Crippen LogP contribution >= 0.6 is 0 Å². The third-order valence-corrected chi connectivity index (χ3v) is 4.36. The first kappa shape index (κ1) is 15.2. The van der Waals surface area contributed by atoms with E-state index in [1.807, 2.05) is 6.92 Å². The lowest BCUT2D eigenvalue weighted by Crippen LogP contribution is -2.14. The van der Waals surface area contributed by atoms with E-state index in [0.717, 1.165) is 0 Å².